The monoisotopic (exact) mass is 302 g/mol. The van der Waals surface area contributed by atoms with Gasteiger partial charge in [-0.3, -0.25) is 9.20 Å². The number of rotatable bonds is 3. The molecule has 0 aromatic carbocycles. The second-order valence-corrected chi connectivity index (χ2v) is 6.27. The van der Waals surface area contributed by atoms with Gasteiger partial charge in [0.15, 0.2) is 4.96 Å². The summed E-state index contributed by atoms with van der Waals surface area (Å²) in [6.45, 7) is 0.527. The van der Waals surface area contributed by atoms with Crippen LogP contribution in [-0.2, 0) is 6.54 Å². The van der Waals surface area contributed by atoms with Crippen molar-refractivity contribution in [3.63, 3.8) is 0 Å². The Morgan fingerprint density at radius 3 is 3.30 bits per heavy atom. The number of aromatic nitrogens is 3. The van der Waals surface area contributed by atoms with Crippen molar-refractivity contribution in [2.75, 3.05) is 0 Å². The van der Waals surface area contributed by atoms with Crippen LogP contribution in [0.25, 0.3) is 15.3 Å². The fourth-order valence-electron chi connectivity index (χ4n) is 2.10. The van der Waals surface area contributed by atoms with Crippen molar-refractivity contribution in [2.24, 2.45) is 0 Å². The van der Waals surface area contributed by atoms with Crippen molar-refractivity contribution >= 4 is 43.9 Å². The van der Waals surface area contributed by atoms with Crippen molar-refractivity contribution in [3.8, 4) is 0 Å². The smallest absolute Gasteiger partial charge is 0.261 e. The lowest BCUT2D eigenvalue weighted by atomic mass is 10.3. The second-order valence-electron chi connectivity index (χ2n) is 4.37. The molecule has 4 rings (SSSR count). The summed E-state index contributed by atoms with van der Waals surface area (Å²) < 4.78 is 2.01. The third-order valence-corrected chi connectivity index (χ3v) is 4.85. The Bertz CT molecular complexity index is 884. The molecule has 4 aromatic heterocycles. The predicted molar refractivity (Wildman–Crippen MR) is 80.4 cm³/mol. The summed E-state index contributed by atoms with van der Waals surface area (Å²) in [5.41, 5.74) is 2.06. The quantitative estimate of drug-likeness (QED) is 0.611. The van der Waals surface area contributed by atoms with Gasteiger partial charge in [-0.15, -0.1) is 22.7 Å². The zero-order chi connectivity index (χ0) is 13.5. The first-order chi connectivity index (χ1) is 9.81. The number of H-pyrrole nitrogens is 1. The third kappa shape index (κ3) is 1.83. The molecule has 0 unspecified atom stereocenters. The first-order valence-electron chi connectivity index (χ1n) is 6.06. The van der Waals surface area contributed by atoms with E-state index in [-0.39, 0.29) is 5.91 Å². The lowest BCUT2D eigenvalue weighted by Crippen LogP contribution is -2.21. The number of aromatic amines is 1. The molecule has 0 radical (unpaired) electrons. The summed E-state index contributed by atoms with van der Waals surface area (Å²) in [6.07, 6.45) is 5.69. The van der Waals surface area contributed by atoms with E-state index in [0.29, 0.717) is 11.4 Å². The number of carbonyl (C=O) groups is 1. The standard InChI is InChI=1S/C13H10N4OS2/c18-11(15-7-8-1-2-14-6-8)10-5-9-12(20-10)16-13-17(9)3-4-19-13/h1-6,14H,7H2,(H,15,18). The molecule has 0 saturated carbocycles. The predicted octanol–water partition coefficient (Wildman–Crippen LogP) is 2.87. The Hall–Kier alpha value is -2.12. The summed E-state index contributed by atoms with van der Waals surface area (Å²) in [6, 6.07) is 3.84. The topological polar surface area (TPSA) is 62.2 Å². The van der Waals surface area contributed by atoms with Gasteiger partial charge in [0.1, 0.15) is 4.83 Å². The van der Waals surface area contributed by atoms with Gasteiger partial charge >= 0.3 is 0 Å². The molecular weight excluding hydrogens is 292 g/mol. The van der Waals surface area contributed by atoms with E-state index in [1.807, 2.05) is 40.5 Å². The van der Waals surface area contributed by atoms with Crippen LogP contribution in [0.4, 0.5) is 0 Å². The van der Waals surface area contributed by atoms with Crippen LogP contribution in [0.5, 0.6) is 0 Å². The first kappa shape index (κ1) is 11.7. The number of carbonyl (C=O) groups excluding carboxylic acids is 1. The average molecular weight is 302 g/mol. The van der Waals surface area contributed by atoms with Gasteiger partial charge in [0, 0.05) is 30.5 Å². The molecule has 0 aliphatic carbocycles. The normalized spacial score (nSPS) is 11.4. The Labute approximate surface area is 121 Å². The molecule has 0 spiro atoms. The number of imidazole rings is 1. The number of hydrogen-bond donors (Lipinski definition) is 2. The van der Waals surface area contributed by atoms with Gasteiger partial charge in [0.25, 0.3) is 5.91 Å². The van der Waals surface area contributed by atoms with Crippen LogP contribution in [-0.4, -0.2) is 20.3 Å². The van der Waals surface area contributed by atoms with Crippen LogP contribution < -0.4 is 5.32 Å². The molecule has 0 bridgehead atoms. The Morgan fingerprint density at radius 1 is 1.50 bits per heavy atom. The van der Waals surface area contributed by atoms with Crippen LogP contribution in [0.2, 0.25) is 0 Å². The van der Waals surface area contributed by atoms with E-state index in [0.717, 1.165) is 20.9 Å². The summed E-state index contributed by atoms with van der Waals surface area (Å²) >= 11 is 3.02. The van der Waals surface area contributed by atoms with Gasteiger partial charge in [-0.25, -0.2) is 4.98 Å². The SMILES string of the molecule is O=C(NCc1cc[nH]c1)c1cc2c(nc3sccn32)s1. The van der Waals surface area contributed by atoms with Crippen molar-refractivity contribution in [2.45, 2.75) is 6.54 Å². The summed E-state index contributed by atoms with van der Waals surface area (Å²) in [5, 5.41) is 4.90. The molecule has 100 valence electrons. The van der Waals surface area contributed by atoms with E-state index in [9.17, 15) is 4.79 Å². The van der Waals surface area contributed by atoms with Crippen LogP contribution >= 0.6 is 22.7 Å². The van der Waals surface area contributed by atoms with Gasteiger partial charge in [-0.1, -0.05) is 0 Å². The van der Waals surface area contributed by atoms with E-state index >= 15 is 0 Å². The minimum atomic E-state index is -0.0572. The van der Waals surface area contributed by atoms with Gasteiger partial charge in [-0.05, 0) is 17.7 Å². The molecule has 20 heavy (non-hydrogen) atoms. The summed E-state index contributed by atoms with van der Waals surface area (Å²) in [5.74, 6) is -0.0572. The van der Waals surface area contributed by atoms with Gasteiger partial charge < -0.3 is 10.3 Å². The Kier molecular flexibility index (Phi) is 2.61. The molecule has 0 aliphatic heterocycles. The number of amides is 1. The van der Waals surface area contributed by atoms with Crippen LogP contribution in [0.1, 0.15) is 15.2 Å². The van der Waals surface area contributed by atoms with Crippen molar-refractivity contribution < 1.29 is 4.79 Å². The Morgan fingerprint density at radius 2 is 2.45 bits per heavy atom. The fourth-order valence-corrected chi connectivity index (χ4v) is 3.81. The maximum atomic E-state index is 12.1. The molecule has 0 atom stereocenters. The molecule has 1 amide bonds. The highest BCUT2D eigenvalue weighted by Crippen LogP contribution is 2.28. The largest absolute Gasteiger partial charge is 0.367 e. The van der Waals surface area contributed by atoms with E-state index < -0.39 is 0 Å². The molecule has 0 fully saturated rings. The fraction of sp³-hybridized carbons (Fsp3) is 0.0769. The van der Waals surface area contributed by atoms with E-state index in [1.54, 1.807) is 11.3 Å². The van der Waals surface area contributed by atoms with Crippen molar-refractivity contribution in [3.05, 3.63) is 46.5 Å². The number of hydrogen-bond acceptors (Lipinski definition) is 4. The second kappa shape index (κ2) is 4.46. The number of nitrogens with zero attached hydrogens (tertiary/aromatic N) is 2. The number of fused-ring (bicyclic) bond motifs is 3. The highest BCUT2D eigenvalue weighted by atomic mass is 32.1. The molecular formula is C13H10N4OS2. The molecule has 7 heteroatoms. The van der Waals surface area contributed by atoms with Crippen molar-refractivity contribution in [1.29, 1.82) is 0 Å². The van der Waals surface area contributed by atoms with E-state index in [2.05, 4.69) is 15.3 Å². The molecule has 4 heterocycles. The molecule has 2 N–H and O–H groups in total. The maximum Gasteiger partial charge on any atom is 0.261 e. The lowest BCUT2D eigenvalue weighted by Gasteiger charge is -2.00. The average Bonchev–Trinajstić information content (AvgIpc) is 3.17. The zero-order valence-electron chi connectivity index (χ0n) is 10.3. The number of thiazole rings is 1. The zero-order valence-corrected chi connectivity index (χ0v) is 11.9. The number of thiophene rings is 1. The minimum absolute atomic E-state index is 0.0572. The van der Waals surface area contributed by atoms with Gasteiger partial charge in [0.2, 0.25) is 0 Å². The van der Waals surface area contributed by atoms with Gasteiger partial charge in [0.05, 0.1) is 10.4 Å². The first-order valence-corrected chi connectivity index (χ1v) is 7.76. The highest BCUT2D eigenvalue weighted by Gasteiger charge is 2.14. The van der Waals surface area contributed by atoms with Crippen LogP contribution in [0, 0.1) is 0 Å². The van der Waals surface area contributed by atoms with E-state index in [1.165, 1.54) is 11.3 Å². The lowest BCUT2D eigenvalue weighted by molar-refractivity contribution is 0.0955. The summed E-state index contributed by atoms with van der Waals surface area (Å²) in [4.78, 5) is 22.2. The maximum absolute atomic E-state index is 12.1. The van der Waals surface area contributed by atoms with Crippen LogP contribution in [0.3, 0.4) is 0 Å². The van der Waals surface area contributed by atoms with Crippen molar-refractivity contribution in [1.82, 2.24) is 19.7 Å². The summed E-state index contributed by atoms with van der Waals surface area (Å²) in [7, 11) is 0. The molecule has 0 saturated heterocycles. The molecule has 0 aliphatic rings. The Balaban J connectivity index is 1.60. The van der Waals surface area contributed by atoms with Crippen LogP contribution in [0.15, 0.2) is 36.1 Å². The molecule has 5 nitrogen and oxygen atoms in total. The number of nitrogens with one attached hydrogen (secondary N) is 2. The third-order valence-electron chi connectivity index (χ3n) is 3.08. The molecule has 4 aromatic rings. The minimum Gasteiger partial charge on any atom is -0.367 e. The van der Waals surface area contributed by atoms with Gasteiger partial charge in [-0.2, -0.15) is 0 Å². The van der Waals surface area contributed by atoms with E-state index in [4.69, 9.17) is 0 Å². The highest BCUT2D eigenvalue weighted by molar-refractivity contribution is 7.21.